The van der Waals surface area contributed by atoms with Crippen LogP contribution in [0.1, 0.15) is 1.43 Å². The predicted molar refractivity (Wildman–Crippen MR) is 73.1 cm³/mol. The molecule has 0 aliphatic carbocycles. The second-order valence-corrected chi connectivity index (χ2v) is 8.03. The summed E-state index contributed by atoms with van der Waals surface area (Å²) in [5.41, 5.74) is 0. The van der Waals surface area contributed by atoms with Gasteiger partial charge in [0, 0.05) is 0 Å². The van der Waals surface area contributed by atoms with Crippen LogP contribution in [0.15, 0.2) is 60.7 Å². The van der Waals surface area contributed by atoms with E-state index in [1.54, 1.807) is 12.1 Å². The van der Waals surface area contributed by atoms with Crippen LogP contribution in [-0.4, -0.2) is 16.8 Å². The minimum absolute atomic E-state index is 0. The predicted octanol–water partition coefficient (Wildman–Crippen LogP) is -1.16. The molecule has 2 aromatic rings. The van der Waals surface area contributed by atoms with Crippen LogP contribution in [0.5, 0.6) is 11.5 Å². The summed E-state index contributed by atoms with van der Waals surface area (Å²) in [7, 11) is -9.92. The Morgan fingerprint density at radius 2 is 0.905 bits per heavy atom. The first-order chi connectivity index (χ1) is 9.41. The molecule has 0 radical (unpaired) electrons. The minimum atomic E-state index is -4.96. The molecule has 0 unspecified atom stereocenters. The van der Waals surface area contributed by atoms with E-state index in [0.29, 0.717) is 0 Å². The number of para-hydroxylation sites is 2. The van der Waals surface area contributed by atoms with Crippen molar-refractivity contribution in [2.75, 3.05) is 0 Å². The molecule has 21 heavy (non-hydrogen) atoms. The Hall–Kier alpha value is -1.06. The number of hydrogen-bond acceptors (Lipinski definition) is 6. The van der Waals surface area contributed by atoms with Crippen LogP contribution in [-0.2, 0) is 18.3 Å². The van der Waals surface area contributed by atoms with Crippen LogP contribution in [0.2, 0.25) is 0 Å². The van der Waals surface area contributed by atoms with Crippen molar-refractivity contribution in [3.63, 3.8) is 0 Å². The standard InChI is InChI=1S/C12H10O6S2.Na.H/c13-19(14,17-11-7-3-1-4-8-11)20(15,16)18-12-9-5-2-6-10-12;;/h1-10H;;/q;+1;-1. The Labute approximate surface area is 146 Å². The van der Waals surface area contributed by atoms with Gasteiger partial charge in [-0.1, -0.05) is 36.4 Å². The molecule has 0 fully saturated rings. The van der Waals surface area contributed by atoms with Crippen molar-refractivity contribution in [3.8, 4) is 11.5 Å². The summed E-state index contributed by atoms with van der Waals surface area (Å²) < 4.78 is 55.8. The summed E-state index contributed by atoms with van der Waals surface area (Å²) in [5.74, 6) is -0.236. The Kier molecular flexibility index (Phi) is 6.24. The van der Waals surface area contributed by atoms with E-state index in [1.165, 1.54) is 48.5 Å². The Bertz CT molecular complexity index is 709. The van der Waals surface area contributed by atoms with Crippen LogP contribution in [0.25, 0.3) is 0 Å². The van der Waals surface area contributed by atoms with Crippen molar-refractivity contribution in [1.29, 1.82) is 0 Å². The first-order valence-electron chi connectivity index (χ1n) is 5.40. The van der Waals surface area contributed by atoms with Crippen molar-refractivity contribution in [2.45, 2.75) is 0 Å². The van der Waals surface area contributed by atoms with Crippen molar-refractivity contribution >= 4 is 18.3 Å². The van der Waals surface area contributed by atoms with Gasteiger partial charge in [-0.2, -0.15) is 16.8 Å². The van der Waals surface area contributed by atoms with Crippen molar-refractivity contribution < 1.29 is 56.2 Å². The Morgan fingerprint density at radius 3 is 1.19 bits per heavy atom. The van der Waals surface area contributed by atoms with Gasteiger partial charge < -0.3 is 9.79 Å². The van der Waals surface area contributed by atoms with Crippen LogP contribution in [0, 0.1) is 0 Å². The zero-order chi connectivity index (χ0) is 14.6. The minimum Gasteiger partial charge on any atom is -1.00 e. The molecule has 0 spiro atoms. The van der Waals surface area contributed by atoms with Gasteiger partial charge in [0.1, 0.15) is 11.5 Å². The average molecular weight is 338 g/mol. The molecule has 6 nitrogen and oxygen atoms in total. The van der Waals surface area contributed by atoms with E-state index in [2.05, 4.69) is 8.37 Å². The van der Waals surface area contributed by atoms with Crippen LogP contribution in [0.4, 0.5) is 0 Å². The molecule has 0 atom stereocenters. The molecule has 0 aliphatic rings. The van der Waals surface area contributed by atoms with Gasteiger partial charge in [-0.3, -0.25) is 0 Å². The molecular formula is C12H11NaO6S2. The molecule has 0 saturated carbocycles. The maximum atomic E-state index is 11.7. The van der Waals surface area contributed by atoms with Gasteiger partial charge in [0.05, 0.1) is 0 Å². The Morgan fingerprint density at radius 1 is 0.619 bits per heavy atom. The normalized spacial score (nSPS) is 11.2. The molecule has 0 saturated heterocycles. The van der Waals surface area contributed by atoms with Gasteiger partial charge in [-0.05, 0) is 24.3 Å². The van der Waals surface area contributed by atoms with Gasteiger partial charge in [0.2, 0.25) is 0 Å². The topological polar surface area (TPSA) is 86.7 Å². The maximum absolute atomic E-state index is 11.7. The molecule has 0 aliphatic heterocycles. The SMILES string of the molecule is O=S(=O)(Oc1ccccc1)S(=O)(=O)Oc1ccccc1.[H-].[Na+]. The molecule has 2 aromatic carbocycles. The third-order valence-corrected chi connectivity index (χ3v) is 5.33. The fraction of sp³-hybridized carbons (Fsp3) is 0. The Balaban J connectivity index is 0.00000220. The summed E-state index contributed by atoms with van der Waals surface area (Å²) in [6.07, 6.45) is 0. The summed E-state index contributed by atoms with van der Waals surface area (Å²) >= 11 is 0. The second-order valence-electron chi connectivity index (χ2n) is 3.61. The summed E-state index contributed by atoms with van der Waals surface area (Å²) in [4.78, 5) is 0. The molecule has 0 amide bonds. The first kappa shape index (κ1) is 18.0. The van der Waals surface area contributed by atoms with Gasteiger partial charge in [0.25, 0.3) is 0 Å². The second kappa shape index (κ2) is 7.28. The van der Waals surface area contributed by atoms with E-state index in [1.807, 2.05) is 0 Å². The van der Waals surface area contributed by atoms with Crippen molar-refractivity contribution in [1.82, 2.24) is 0 Å². The van der Waals surface area contributed by atoms with E-state index < -0.39 is 18.3 Å². The van der Waals surface area contributed by atoms with E-state index in [4.69, 9.17) is 0 Å². The number of benzene rings is 2. The molecule has 0 bridgehead atoms. The van der Waals surface area contributed by atoms with E-state index in [9.17, 15) is 16.8 Å². The fourth-order valence-corrected chi connectivity index (χ4v) is 3.10. The molecule has 0 aromatic heterocycles. The van der Waals surface area contributed by atoms with Gasteiger partial charge in [-0.15, -0.1) is 0 Å². The summed E-state index contributed by atoms with van der Waals surface area (Å²) in [5, 5.41) is 0. The quantitative estimate of drug-likeness (QED) is 0.505. The number of hydrogen-bond donors (Lipinski definition) is 0. The van der Waals surface area contributed by atoms with E-state index in [0.717, 1.165) is 0 Å². The third-order valence-electron chi connectivity index (χ3n) is 2.13. The van der Waals surface area contributed by atoms with Gasteiger partial charge in [-0.25, -0.2) is 0 Å². The molecule has 2 rings (SSSR count). The van der Waals surface area contributed by atoms with Crippen LogP contribution < -0.4 is 37.9 Å². The molecule has 0 N–H and O–H groups in total. The fourth-order valence-electron chi connectivity index (χ4n) is 1.27. The molecule has 0 heterocycles. The van der Waals surface area contributed by atoms with Gasteiger partial charge >= 0.3 is 47.9 Å². The summed E-state index contributed by atoms with van der Waals surface area (Å²) in [6.45, 7) is 0. The average Bonchev–Trinajstić information content (AvgIpc) is 2.40. The van der Waals surface area contributed by atoms with Crippen molar-refractivity contribution in [2.24, 2.45) is 0 Å². The van der Waals surface area contributed by atoms with Crippen LogP contribution in [0.3, 0.4) is 0 Å². The van der Waals surface area contributed by atoms with E-state index >= 15 is 0 Å². The molecule has 108 valence electrons. The summed E-state index contributed by atoms with van der Waals surface area (Å²) in [6, 6.07) is 14.6. The van der Waals surface area contributed by atoms with Gasteiger partial charge in [0.15, 0.2) is 0 Å². The third kappa shape index (κ3) is 4.72. The zero-order valence-corrected chi connectivity index (χ0v) is 14.7. The largest absolute Gasteiger partial charge is 1.00 e. The maximum Gasteiger partial charge on any atom is 1.00 e. The van der Waals surface area contributed by atoms with Crippen molar-refractivity contribution in [3.05, 3.63) is 60.7 Å². The van der Waals surface area contributed by atoms with Crippen LogP contribution >= 0.6 is 0 Å². The smallest absolute Gasteiger partial charge is 1.00 e. The monoisotopic (exact) mass is 338 g/mol. The zero-order valence-electron chi connectivity index (χ0n) is 12.0. The molecule has 9 heteroatoms. The van der Waals surface area contributed by atoms with E-state index in [-0.39, 0.29) is 42.5 Å². The molecular weight excluding hydrogens is 327 g/mol. The number of rotatable bonds is 5. The first-order valence-corrected chi connectivity index (χ1v) is 8.73.